The van der Waals surface area contributed by atoms with Crippen molar-refractivity contribution in [1.29, 1.82) is 0 Å². The Hall–Kier alpha value is -3.00. The highest BCUT2D eigenvalue weighted by Crippen LogP contribution is 2.23. The zero-order valence-electron chi connectivity index (χ0n) is 14.6. The van der Waals surface area contributed by atoms with Crippen LogP contribution in [0, 0.1) is 10.1 Å². The number of aromatic nitrogens is 1. The molecule has 0 N–H and O–H groups in total. The lowest BCUT2D eigenvalue weighted by atomic mass is 10.1. The van der Waals surface area contributed by atoms with Gasteiger partial charge in [-0.05, 0) is 45.0 Å². The Bertz CT molecular complexity index is 996. The van der Waals surface area contributed by atoms with Crippen molar-refractivity contribution in [3.8, 4) is 11.3 Å². The number of nitro groups is 1. The van der Waals surface area contributed by atoms with E-state index in [2.05, 4.69) is 10.1 Å². The van der Waals surface area contributed by atoms with Crippen molar-refractivity contribution in [2.24, 2.45) is 10.1 Å². The molecule has 0 bridgehead atoms. The van der Waals surface area contributed by atoms with Gasteiger partial charge in [0.25, 0.3) is 5.69 Å². The molecule has 1 aromatic carbocycles. The molecule has 0 saturated heterocycles. The number of hydrogen-bond acceptors (Lipinski definition) is 6. The number of rotatable bonds is 5. The van der Waals surface area contributed by atoms with Crippen molar-refractivity contribution in [1.82, 2.24) is 4.68 Å². The number of furan rings is 1. The highest BCUT2D eigenvalue weighted by atomic mass is 32.1. The molecule has 0 amide bonds. The Morgan fingerprint density at radius 3 is 2.58 bits per heavy atom. The highest BCUT2D eigenvalue weighted by molar-refractivity contribution is 7.07. The Morgan fingerprint density at radius 2 is 2.00 bits per heavy atom. The predicted octanol–water partition coefficient (Wildman–Crippen LogP) is 4.30. The normalized spacial score (nSPS) is 12.8. The number of non-ortho nitro benzene ring substituents is 1. The number of hydrogen-bond donors (Lipinski definition) is 0. The fourth-order valence-corrected chi connectivity index (χ4v) is 3.31. The van der Waals surface area contributed by atoms with E-state index in [0.29, 0.717) is 11.5 Å². The molecule has 0 aliphatic heterocycles. The lowest BCUT2D eigenvalue weighted by Crippen LogP contribution is -2.16. The van der Waals surface area contributed by atoms with Crippen LogP contribution in [-0.4, -0.2) is 21.4 Å². The van der Waals surface area contributed by atoms with Crippen LogP contribution in [0.2, 0.25) is 0 Å². The van der Waals surface area contributed by atoms with Crippen molar-refractivity contribution in [3.63, 3.8) is 0 Å². The maximum atomic E-state index is 10.9. The molecule has 0 saturated carbocycles. The fourth-order valence-electron chi connectivity index (χ4n) is 2.34. The molecule has 0 atom stereocenters. The molecule has 7 nitrogen and oxygen atoms in total. The maximum Gasteiger partial charge on any atom is 0.269 e. The largest absolute Gasteiger partial charge is 0.463 e. The van der Waals surface area contributed by atoms with Crippen LogP contribution in [0.5, 0.6) is 0 Å². The number of benzene rings is 1. The van der Waals surface area contributed by atoms with Crippen LogP contribution in [0.25, 0.3) is 11.3 Å². The van der Waals surface area contributed by atoms with Gasteiger partial charge in [0.05, 0.1) is 16.9 Å². The van der Waals surface area contributed by atoms with Gasteiger partial charge < -0.3 is 4.42 Å². The number of nitro benzene ring substituents is 1. The minimum absolute atomic E-state index is 0.0536. The van der Waals surface area contributed by atoms with Gasteiger partial charge in [-0.25, -0.2) is 4.68 Å². The zero-order valence-corrected chi connectivity index (χ0v) is 15.4. The summed E-state index contributed by atoms with van der Waals surface area (Å²) in [6, 6.07) is 10.2. The van der Waals surface area contributed by atoms with Crippen molar-refractivity contribution < 1.29 is 9.34 Å². The molecule has 0 aliphatic rings. The summed E-state index contributed by atoms with van der Waals surface area (Å²) in [7, 11) is 0. The summed E-state index contributed by atoms with van der Waals surface area (Å²) in [4.78, 5) is 15.8. The number of thiazole rings is 1. The second-order valence-electron chi connectivity index (χ2n) is 5.90. The van der Waals surface area contributed by atoms with Gasteiger partial charge >= 0.3 is 0 Å². The summed E-state index contributed by atoms with van der Waals surface area (Å²) < 4.78 is 7.16. The maximum absolute atomic E-state index is 10.9. The Morgan fingerprint density at radius 1 is 1.27 bits per heavy atom. The fraction of sp³-hybridized carbons (Fsp3) is 0.222. The van der Waals surface area contributed by atoms with Crippen molar-refractivity contribution >= 4 is 22.7 Å². The van der Waals surface area contributed by atoms with Crippen LogP contribution in [0.15, 0.2) is 62.6 Å². The molecule has 0 fully saturated rings. The molecular weight excluding hydrogens is 352 g/mol. The van der Waals surface area contributed by atoms with Crippen molar-refractivity contribution in [2.75, 3.05) is 0 Å². The lowest BCUT2D eigenvalue weighted by molar-refractivity contribution is -0.384. The molecule has 8 heteroatoms. The molecule has 3 aromatic rings. The van der Waals surface area contributed by atoms with Crippen molar-refractivity contribution in [2.45, 2.75) is 26.8 Å². The van der Waals surface area contributed by atoms with E-state index < -0.39 is 4.92 Å². The predicted molar refractivity (Wildman–Crippen MR) is 101 cm³/mol. The molecule has 0 aliphatic carbocycles. The van der Waals surface area contributed by atoms with Gasteiger partial charge in [0.1, 0.15) is 11.5 Å². The molecule has 0 radical (unpaired) electrons. The van der Waals surface area contributed by atoms with Gasteiger partial charge in [0.15, 0.2) is 0 Å². The average Bonchev–Trinajstić information content (AvgIpc) is 3.25. The van der Waals surface area contributed by atoms with Crippen LogP contribution >= 0.6 is 11.3 Å². The summed E-state index contributed by atoms with van der Waals surface area (Å²) in [6.07, 6.45) is 1.60. The third-order valence-electron chi connectivity index (χ3n) is 3.56. The molecular formula is C18H18N4O3S. The summed E-state index contributed by atoms with van der Waals surface area (Å²) in [6.45, 7) is 5.86. The summed E-state index contributed by atoms with van der Waals surface area (Å²) in [5, 5.41) is 17.5. The Balaban J connectivity index is 2.13. The smallest absolute Gasteiger partial charge is 0.269 e. The first-order chi connectivity index (χ1) is 12.5. The van der Waals surface area contributed by atoms with Crippen molar-refractivity contribution in [3.05, 3.63) is 68.7 Å². The zero-order chi connectivity index (χ0) is 18.7. The van der Waals surface area contributed by atoms with Gasteiger partial charge in [-0.2, -0.15) is 5.10 Å². The minimum atomic E-state index is -0.413. The van der Waals surface area contributed by atoms with Crippen LogP contribution in [-0.2, 0) is 0 Å². The van der Waals surface area contributed by atoms with E-state index in [0.717, 1.165) is 16.1 Å². The molecule has 2 heterocycles. The van der Waals surface area contributed by atoms with Crippen LogP contribution in [0.3, 0.4) is 0 Å². The molecule has 0 spiro atoms. The van der Waals surface area contributed by atoms with Gasteiger partial charge in [0.2, 0.25) is 4.80 Å². The molecule has 2 aromatic heterocycles. The summed E-state index contributed by atoms with van der Waals surface area (Å²) >= 11 is 1.47. The number of nitrogens with zero attached hydrogens (tertiary/aromatic N) is 4. The van der Waals surface area contributed by atoms with E-state index in [1.165, 1.54) is 23.5 Å². The van der Waals surface area contributed by atoms with Gasteiger partial charge in [-0.3, -0.25) is 15.1 Å². The van der Waals surface area contributed by atoms with E-state index in [4.69, 9.17) is 4.42 Å². The molecule has 3 rings (SSSR count). The van der Waals surface area contributed by atoms with Gasteiger partial charge in [-0.15, -0.1) is 11.3 Å². The van der Waals surface area contributed by atoms with Crippen LogP contribution in [0.1, 0.15) is 26.5 Å². The van der Waals surface area contributed by atoms with Gasteiger partial charge in [0, 0.05) is 29.1 Å². The second kappa shape index (κ2) is 7.49. The monoisotopic (exact) mass is 370 g/mol. The Labute approximate surface area is 154 Å². The van der Waals surface area contributed by atoms with Crippen LogP contribution in [0.4, 0.5) is 5.69 Å². The Kier molecular flexibility index (Phi) is 5.13. The first kappa shape index (κ1) is 17.8. The van der Waals surface area contributed by atoms with Gasteiger partial charge in [-0.1, -0.05) is 0 Å². The summed E-state index contributed by atoms with van der Waals surface area (Å²) in [5.74, 6) is 0.675. The first-order valence-electron chi connectivity index (χ1n) is 8.04. The molecule has 26 heavy (non-hydrogen) atoms. The van der Waals surface area contributed by atoms with E-state index in [9.17, 15) is 10.1 Å². The quantitative estimate of drug-likeness (QED) is 0.381. The van der Waals surface area contributed by atoms with E-state index in [1.807, 2.05) is 38.3 Å². The third kappa shape index (κ3) is 3.80. The molecule has 134 valence electrons. The second-order valence-corrected chi connectivity index (χ2v) is 6.74. The van der Waals surface area contributed by atoms with E-state index >= 15 is 0 Å². The van der Waals surface area contributed by atoms with E-state index in [1.54, 1.807) is 23.1 Å². The van der Waals surface area contributed by atoms with Crippen LogP contribution < -0.4 is 4.80 Å². The average molecular weight is 370 g/mol. The standard InChI is InChI=1S/C18H18N4O3S/c1-12(2)19-18-21(20-13(3)17-5-4-10-25-17)16(11-26-18)14-6-8-15(9-7-14)22(23)24/h4-12H,1-3H3. The summed E-state index contributed by atoms with van der Waals surface area (Å²) in [5.41, 5.74) is 2.41. The third-order valence-corrected chi connectivity index (χ3v) is 4.39. The SMILES string of the molecule is CC(=Nn1c(-c2ccc([N+](=O)[O-])cc2)csc1=NC(C)C)c1ccco1. The first-order valence-corrected chi connectivity index (χ1v) is 8.92. The minimum Gasteiger partial charge on any atom is -0.463 e. The topological polar surface area (TPSA) is 85.9 Å². The molecule has 0 unspecified atom stereocenters. The van der Waals surface area contributed by atoms with E-state index in [-0.39, 0.29) is 11.7 Å². The highest BCUT2D eigenvalue weighted by Gasteiger charge is 2.12. The lowest BCUT2D eigenvalue weighted by Gasteiger charge is -2.05.